The van der Waals surface area contributed by atoms with Crippen molar-refractivity contribution in [2.24, 2.45) is 0 Å². The summed E-state index contributed by atoms with van der Waals surface area (Å²) in [6, 6.07) is 0. The van der Waals surface area contributed by atoms with Crippen LogP contribution in [0, 0.1) is 6.92 Å². The molecule has 0 aromatic carbocycles. The van der Waals surface area contributed by atoms with Gasteiger partial charge < -0.3 is 0 Å². The van der Waals surface area contributed by atoms with Gasteiger partial charge in [-0.1, -0.05) is 39.0 Å². The first kappa shape index (κ1) is 8.00. The molecule has 2 radical (unpaired) electrons. The Morgan fingerprint density at radius 2 is 1.62 bits per heavy atom. The van der Waals surface area contributed by atoms with Crippen LogP contribution >= 0.6 is 0 Å². The fourth-order valence-electron chi connectivity index (χ4n) is 0.748. The first-order chi connectivity index (χ1) is 3.91. The summed E-state index contributed by atoms with van der Waals surface area (Å²) in [7, 11) is 0. The highest BCUT2D eigenvalue weighted by Gasteiger charge is 1.83. The standard InChI is InChI=1S/C8H16/c1-3-5-7-8-6-4-2/h1H,3-8H2,2H3. The highest BCUT2D eigenvalue weighted by atomic mass is 13.9. The van der Waals surface area contributed by atoms with Gasteiger partial charge in [-0.2, -0.15) is 0 Å². The molecule has 0 spiro atoms. The molecule has 0 aromatic heterocycles. The van der Waals surface area contributed by atoms with Crippen LogP contribution in [0.25, 0.3) is 0 Å². The SMILES string of the molecule is [CH]CCCCCCC. The van der Waals surface area contributed by atoms with E-state index in [4.69, 9.17) is 6.92 Å². The maximum absolute atomic E-state index is 5.31. The lowest BCUT2D eigenvalue weighted by molar-refractivity contribution is 0.637. The normalized spacial score (nSPS) is 9.75. The van der Waals surface area contributed by atoms with E-state index in [-0.39, 0.29) is 0 Å². The van der Waals surface area contributed by atoms with Crippen LogP contribution in [0.4, 0.5) is 0 Å². The molecule has 0 atom stereocenters. The maximum Gasteiger partial charge on any atom is -0.0352 e. The molecule has 0 aliphatic heterocycles. The molecule has 0 aromatic rings. The Labute approximate surface area is 53.3 Å². The average molecular weight is 112 g/mol. The van der Waals surface area contributed by atoms with Crippen molar-refractivity contribution in [2.75, 3.05) is 0 Å². The van der Waals surface area contributed by atoms with Gasteiger partial charge >= 0.3 is 0 Å². The van der Waals surface area contributed by atoms with E-state index >= 15 is 0 Å². The average Bonchev–Trinajstić information content (AvgIpc) is 1.81. The van der Waals surface area contributed by atoms with Crippen LogP contribution in [-0.4, -0.2) is 0 Å². The van der Waals surface area contributed by atoms with Gasteiger partial charge in [0.05, 0.1) is 0 Å². The van der Waals surface area contributed by atoms with Crippen molar-refractivity contribution in [1.29, 1.82) is 0 Å². The quantitative estimate of drug-likeness (QED) is 0.479. The Morgan fingerprint density at radius 3 is 2.12 bits per heavy atom. The van der Waals surface area contributed by atoms with Crippen molar-refractivity contribution in [3.8, 4) is 0 Å². The van der Waals surface area contributed by atoms with E-state index in [0.717, 1.165) is 6.42 Å². The molecule has 0 nitrogen and oxygen atoms in total. The van der Waals surface area contributed by atoms with Gasteiger partial charge in [-0.25, -0.2) is 0 Å². The Balaban J connectivity index is 2.53. The van der Waals surface area contributed by atoms with Crippen molar-refractivity contribution in [3.63, 3.8) is 0 Å². The van der Waals surface area contributed by atoms with Crippen LogP contribution in [0.1, 0.15) is 45.4 Å². The molecule has 0 unspecified atom stereocenters. The smallest absolute Gasteiger partial charge is 0.0352 e. The van der Waals surface area contributed by atoms with Crippen LogP contribution in [0.5, 0.6) is 0 Å². The van der Waals surface area contributed by atoms with Crippen molar-refractivity contribution >= 4 is 0 Å². The van der Waals surface area contributed by atoms with Gasteiger partial charge in [-0.05, 0) is 13.3 Å². The zero-order chi connectivity index (χ0) is 6.24. The molecule has 48 valence electrons. The summed E-state index contributed by atoms with van der Waals surface area (Å²) < 4.78 is 0. The highest BCUT2D eigenvalue weighted by Crippen LogP contribution is 2.03. The molecule has 0 heteroatoms. The van der Waals surface area contributed by atoms with Crippen LogP contribution in [0.2, 0.25) is 0 Å². The number of hydrogen-bond acceptors (Lipinski definition) is 0. The fourth-order valence-corrected chi connectivity index (χ4v) is 0.748. The minimum atomic E-state index is 0.865. The summed E-state index contributed by atoms with van der Waals surface area (Å²) in [5.74, 6) is 0. The van der Waals surface area contributed by atoms with E-state index in [1.807, 2.05) is 0 Å². The van der Waals surface area contributed by atoms with Crippen molar-refractivity contribution in [1.82, 2.24) is 0 Å². The van der Waals surface area contributed by atoms with Crippen LogP contribution in [-0.2, 0) is 0 Å². The fraction of sp³-hybridized carbons (Fsp3) is 0.875. The molecule has 0 bridgehead atoms. The number of unbranched alkanes of at least 4 members (excludes halogenated alkanes) is 5. The summed E-state index contributed by atoms with van der Waals surface area (Å²) in [4.78, 5) is 0. The number of hydrogen-bond donors (Lipinski definition) is 0. The van der Waals surface area contributed by atoms with E-state index < -0.39 is 0 Å². The largest absolute Gasteiger partial charge is 0.0654 e. The molecule has 0 rings (SSSR count). The molecule has 0 aliphatic carbocycles. The first-order valence-electron chi connectivity index (χ1n) is 3.62. The van der Waals surface area contributed by atoms with Crippen molar-refractivity contribution in [3.05, 3.63) is 6.92 Å². The zero-order valence-corrected chi connectivity index (χ0v) is 5.82. The Bertz CT molecular complexity index is 25.0. The zero-order valence-electron chi connectivity index (χ0n) is 5.82. The maximum atomic E-state index is 5.31. The molecule has 0 saturated carbocycles. The predicted molar refractivity (Wildman–Crippen MR) is 37.7 cm³/mol. The second-order valence-corrected chi connectivity index (χ2v) is 2.20. The third-order valence-electron chi connectivity index (χ3n) is 1.31. The summed E-state index contributed by atoms with van der Waals surface area (Å²) >= 11 is 0. The molecular weight excluding hydrogens is 96.1 g/mol. The van der Waals surface area contributed by atoms with E-state index in [1.54, 1.807) is 0 Å². The van der Waals surface area contributed by atoms with Gasteiger partial charge in [0.25, 0.3) is 0 Å². The summed E-state index contributed by atoms with van der Waals surface area (Å²) in [5, 5.41) is 0. The van der Waals surface area contributed by atoms with Gasteiger partial charge in [0, 0.05) is 0 Å². The van der Waals surface area contributed by atoms with Gasteiger partial charge in [0.1, 0.15) is 0 Å². The Hall–Kier alpha value is 0. The van der Waals surface area contributed by atoms with E-state index in [2.05, 4.69) is 6.92 Å². The highest BCUT2D eigenvalue weighted by molar-refractivity contribution is 4.43. The lowest BCUT2D eigenvalue weighted by Crippen LogP contribution is -1.74. The second-order valence-electron chi connectivity index (χ2n) is 2.20. The molecular formula is C8H16. The van der Waals surface area contributed by atoms with Crippen LogP contribution < -0.4 is 0 Å². The third-order valence-corrected chi connectivity index (χ3v) is 1.31. The van der Waals surface area contributed by atoms with Crippen LogP contribution in [0.15, 0.2) is 0 Å². The minimum Gasteiger partial charge on any atom is -0.0654 e. The monoisotopic (exact) mass is 112 g/mol. The Kier molecular flexibility index (Phi) is 7.00. The van der Waals surface area contributed by atoms with E-state index in [0.29, 0.717) is 0 Å². The molecule has 0 heterocycles. The van der Waals surface area contributed by atoms with E-state index in [9.17, 15) is 0 Å². The molecule has 0 saturated heterocycles. The summed E-state index contributed by atoms with van der Waals surface area (Å²) in [6.45, 7) is 7.54. The number of rotatable bonds is 5. The summed E-state index contributed by atoms with van der Waals surface area (Å²) in [6.07, 6.45) is 7.46. The predicted octanol–water partition coefficient (Wildman–Crippen LogP) is 3.06. The lowest BCUT2D eigenvalue weighted by Gasteiger charge is -1.93. The third kappa shape index (κ3) is 6.00. The topological polar surface area (TPSA) is 0 Å². The molecule has 8 heavy (non-hydrogen) atoms. The summed E-state index contributed by atoms with van der Waals surface area (Å²) in [5.41, 5.74) is 0. The van der Waals surface area contributed by atoms with Gasteiger partial charge in [-0.3, -0.25) is 0 Å². The Morgan fingerprint density at radius 1 is 1.00 bits per heavy atom. The van der Waals surface area contributed by atoms with E-state index in [1.165, 1.54) is 32.1 Å². The van der Waals surface area contributed by atoms with Crippen LogP contribution in [0.3, 0.4) is 0 Å². The lowest BCUT2D eigenvalue weighted by atomic mass is 10.1. The van der Waals surface area contributed by atoms with Gasteiger partial charge in [-0.15, -0.1) is 0 Å². The second kappa shape index (κ2) is 7.00. The molecule has 0 amide bonds. The van der Waals surface area contributed by atoms with Gasteiger partial charge in [0.15, 0.2) is 0 Å². The molecule has 0 N–H and O–H groups in total. The van der Waals surface area contributed by atoms with Gasteiger partial charge in [0.2, 0.25) is 0 Å². The minimum absolute atomic E-state index is 0.865. The first-order valence-corrected chi connectivity index (χ1v) is 3.62. The molecule has 0 fully saturated rings. The molecule has 0 aliphatic rings. The van der Waals surface area contributed by atoms with Crippen molar-refractivity contribution in [2.45, 2.75) is 45.4 Å². The van der Waals surface area contributed by atoms with Crippen molar-refractivity contribution < 1.29 is 0 Å².